The van der Waals surface area contributed by atoms with Crippen LogP contribution in [0.3, 0.4) is 0 Å². The van der Waals surface area contributed by atoms with Gasteiger partial charge in [0.1, 0.15) is 5.82 Å². The zero-order valence-corrected chi connectivity index (χ0v) is 11.7. The van der Waals surface area contributed by atoms with Crippen molar-refractivity contribution in [1.29, 1.82) is 0 Å². The summed E-state index contributed by atoms with van der Waals surface area (Å²) in [4.78, 5) is 24.4. The second-order valence-corrected chi connectivity index (χ2v) is 5.56. The Kier molecular flexibility index (Phi) is 3.85. The van der Waals surface area contributed by atoms with Crippen LogP contribution in [0.15, 0.2) is 24.3 Å². The second-order valence-electron chi connectivity index (χ2n) is 4.30. The molecule has 1 aromatic carbocycles. The van der Waals surface area contributed by atoms with E-state index in [0.717, 1.165) is 22.6 Å². The van der Waals surface area contributed by atoms with Crippen LogP contribution >= 0.6 is 11.3 Å². The molecule has 1 heterocycles. The van der Waals surface area contributed by atoms with Crippen molar-refractivity contribution < 1.29 is 19.1 Å². The fourth-order valence-corrected chi connectivity index (χ4v) is 2.57. The highest BCUT2D eigenvalue weighted by Crippen LogP contribution is 2.22. The van der Waals surface area contributed by atoms with Crippen LogP contribution in [0.25, 0.3) is 0 Å². The molecule has 2 rings (SSSR count). The first-order valence-corrected chi connectivity index (χ1v) is 6.61. The van der Waals surface area contributed by atoms with Crippen LogP contribution in [0.2, 0.25) is 0 Å². The van der Waals surface area contributed by atoms with Gasteiger partial charge in [0.15, 0.2) is 0 Å². The first kappa shape index (κ1) is 14.2. The second kappa shape index (κ2) is 5.42. The third kappa shape index (κ3) is 2.85. The largest absolute Gasteiger partial charge is 0.478 e. The van der Waals surface area contributed by atoms with Crippen molar-refractivity contribution in [2.45, 2.75) is 13.8 Å². The number of carbonyl (C=O) groups is 2. The van der Waals surface area contributed by atoms with Gasteiger partial charge in [-0.15, -0.1) is 11.3 Å². The summed E-state index contributed by atoms with van der Waals surface area (Å²) in [5, 5.41) is 11.4. The Bertz CT molecular complexity index is 674. The number of hydrogen-bond donors (Lipinski definition) is 2. The third-order valence-corrected chi connectivity index (χ3v) is 4.00. The number of aromatic carboxylic acids is 1. The van der Waals surface area contributed by atoms with E-state index >= 15 is 0 Å². The molecule has 20 heavy (non-hydrogen) atoms. The lowest BCUT2D eigenvalue weighted by Crippen LogP contribution is -2.11. The van der Waals surface area contributed by atoms with Crippen LogP contribution in [0.5, 0.6) is 0 Å². The van der Waals surface area contributed by atoms with Gasteiger partial charge in [0.25, 0.3) is 5.91 Å². The number of aryl methyl sites for hydroxylation is 2. The van der Waals surface area contributed by atoms with E-state index in [-0.39, 0.29) is 11.6 Å². The molecule has 0 aliphatic rings. The van der Waals surface area contributed by atoms with Crippen LogP contribution in [0.4, 0.5) is 10.1 Å². The number of nitrogens with one attached hydrogen (secondary N) is 1. The molecule has 104 valence electrons. The predicted octanol–water partition coefficient (Wildman–Crippen LogP) is 3.45. The first-order chi connectivity index (χ1) is 9.38. The minimum absolute atomic E-state index is 0.248. The van der Waals surface area contributed by atoms with Crippen LogP contribution in [0, 0.1) is 19.7 Å². The zero-order valence-electron chi connectivity index (χ0n) is 10.9. The topological polar surface area (TPSA) is 66.4 Å². The summed E-state index contributed by atoms with van der Waals surface area (Å²) in [6, 6.07) is 5.21. The molecule has 0 fully saturated rings. The van der Waals surface area contributed by atoms with Gasteiger partial charge in [-0.3, -0.25) is 4.79 Å². The van der Waals surface area contributed by atoms with Crippen molar-refractivity contribution in [2.24, 2.45) is 0 Å². The van der Waals surface area contributed by atoms with Gasteiger partial charge in [0, 0.05) is 10.6 Å². The van der Waals surface area contributed by atoms with E-state index in [0.29, 0.717) is 4.88 Å². The molecule has 2 aromatic rings. The van der Waals surface area contributed by atoms with Crippen molar-refractivity contribution in [3.05, 3.63) is 51.0 Å². The Morgan fingerprint density at radius 3 is 2.50 bits per heavy atom. The summed E-state index contributed by atoms with van der Waals surface area (Å²) in [5.41, 5.74) is 0.796. The number of hydrogen-bond acceptors (Lipinski definition) is 3. The van der Waals surface area contributed by atoms with Gasteiger partial charge in [-0.05, 0) is 43.7 Å². The molecule has 4 nitrogen and oxygen atoms in total. The van der Waals surface area contributed by atoms with Crippen molar-refractivity contribution in [3.63, 3.8) is 0 Å². The Labute approximate surface area is 118 Å². The van der Waals surface area contributed by atoms with Crippen LogP contribution < -0.4 is 5.32 Å². The molecule has 2 N–H and O–H groups in total. The van der Waals surface area contributed by atoms with E-state index in [2.05, 4.69) is 5.32 Å². The van der Waals surface area contributed by atoms with Crippen molar-refractivity contribution >= 4 is 28.9 Å². The number of anilines is 1. The highest BCUT2D eigenvalue weighted by molar-refractivity contribution is 7.14. The fourth-order valence-electron chi connectivity index (χ4n) is 1.64. The monoisotopic (exact) mass is 293 g/mol. The summed E-state index contributed by atoms with van der Waals surface area (Å²) >= 11 is 1.35. The minimum Gasteiger partial charge on any atom is -0.478 e. The fraction of sp³-hybridized carbons (Fsp3) is 0.143. The molecule has 6 heteroatoms. The summed E-state index contributed by atoms with van der Waals surface area (Å²) in [6.45, 7) is 3.82. The normalized spacial score (nSPS) is 10.3. The first-order valence-electron chi connectivity index (χ1n) is 5.79. The maximum Gasteiger partial charge on any atom is 0.338 e. The highest BCUT2D eigenvalue weighted by atomic mass is 32.1. The van der Waals surface area contributed by atoms with E-state index in [1.807, 2.05) is 13.8 Å². The number of amides is 1. The Hall–Kier alpha value is -2.21. The number of thiophene rings is 1. The van der Waals surface area contributed by atoms with Gasteiger partial charge in [-0.25, -0.2) is 9.18 Å². The van der Waals surface area contributed by atoms with E-state index in [1.165, 1.54) is 17.4 Å². The molecular formula is C14H12FNO3S. The Morgan fingerprint density at radius 2 is 1.95 bits per heavy atom. The van der Waals surface area contributed by atoms with E-state index in [4.69, 9.17) is 5.11 Å². The van der Waals surface area contributed by atoms with Crippen LogP contribution in [-0.2, 0) is 0 Å². The van der Waals surface area contributed by atoms with Gasteiger partial charge in [0.05, 0.1) is 10.4 Å². The predicted molar refractivity (Wildman–Crippen MR) is 75.1 cm³/mol. The molecule has 0 aliphatic heterocycles. The van der Waals surface area contributed by atoms with Crippen molar-refractivity contribution in [1.82, 2.24) is 0 Å². The van der Waals surface area contributed by atoms with E-state index in [9.17, 15) is 14.0 Å². The SMILES string of the molecule is Cc1cc(C(=O)Nc2ccc(F)c(C(=O)O)c2)sc1C. The minimum atomic E-state index is -1.37. The van der Waals surface area contributed by atoms with Gasteiger partial charge in [0.2, 0.25) is 0 Å². The Balaban J connectivity index is 2.24. The summed E-state index contributed by atoms with van der Waals surface area (Å²) in [5.74, 6) is -2.55. The summed E-state index contributed by atoms with van der Waals surface area (Å²) < 4.78 is 13.2. The molecule has 0 atom stereocenters. The molecular weight excluding hydrogens is 281 g/mol. The molecule has 0 spiro atoms. The molecule has 0 unspecified atom stereocenters. The molecule has 1 aromatic heterocycles. The average Bonchev–Trinajstić information content (AvgIpc) is 2.72. The lowest BCUT2D eigenvalue weighted by molar-refractivity contribution is 0.0691. The molecule has 0 radical (unpaired) electrons. The third-order valence-electron chi connectivity index (χ3n) is 2.84. The van der Waals surface area contributed by atoms with Crippen molar-refractivity contribution in [2.75, 3.05) is 5.32 Å². The van der Waals surface area contributed by atoms with Crippen molar-refractivity contribution in [3.8, 4) is 0 Å². The molecule has 1 amide bonds. The smallest absolute Gasteiger partial charge is 0.338 e. The molecule has 0 saturated carbocycles. The molecule has 0 bridgehead atoms. The van der Waals surface area contributed by atoms with Gasteiger partial charge in [-0.2, -0.15) is 0 Å². The van der Waals surface area contributed by atoms with Gasteiger partial charge in [-0.1, -0.05) is 0 Å². The number of benzene rings is 1. The van der Waals surface area contributed by atoms with E-state index < -0.39 is 17.3 Å². The number of rotatable bonds is 3. The van der Waals surface area contributed by atoms with E-state index in [1.54, 1.807) is 6.07 Å². The maximum absolute atomic E-state index is 13.2. The summed E-state index contributed by atoms with van der Waals surface area (Å²) in [7, 11) is 0. The quantitative estimate of drug-likeness (QED) is 0.910. The number of carboxylic acid groups (broad SMARTS) is 1. The number of carbonyl (C=O) groups excluding carboxylic acids is 1. The number of carboxylic acids is 1. The summed E-state index contributed by atoms with van der Waals surface area (Å²) in [6.07, 6.45) is 0. The lowest BCUT2D eigenvalue weighted by atomic mass is 10.2. The van der Waals surface area contributed by atoms with Gasteiger partial charge < -0.3 is 10.4 Å². The average molecular weight is 293 g/mol. The number of halogens is 1. The molecule has 0 aliphatic carbocycles. The van der Waals surface area contributed by atoms with Crippen LogP contribution in [-0.4, -0.2) is 17.0 Å². The lowest BCUT2D eigenvalue weighted by Gasteiger charge is -2.05. The highest BCUT2D eigenvalue weighted by Gasteiger charge is 2.14. The standard InChI is InChI=1S/C14H12FNO3S/c1-7-5-12(20-8(7)2)13(17)16-9-3-4-11(15)10(6-9)14(18)19/h3-6H,1-2H3,(H,16,17)(H,18,19). The van der Waals surface area contributed by atoms with Gasteiger partial charge >= 0.3 is 5.97 Å². The van der Waals surface area contributed by atoms with Crippen LogP contribution in [0.1, 0.15) is 30.5 Å². The zero-order chi connectivity index (χ0) is 14.9. The maximum atomic E-state index is 13.2. The molecule has 0 saturated heterocycles. The Morgan fingerprint density at radius 1 is 1.25 bits per heavy atom.